The molecule has 0 aliphatic heterocycles. The third-order valence-electron chi connectivity index (χ3n) is 3.36. The van der Waals surface area contributed by atoms with E-state index in [9.17, 15) is 0 Å². The lowest BCUT2D eigenvalue weighted by Gasteiger charge is -2.10. The Kier molecular flexibility index (Phi) is 4.07. The predicted octanol–water partition coefficient (Wildman–Crippen LogP) is 3.04. The van der Waals surface area contributed by atoms with E-state index < -0.39 is 0 Å². The molecule has 0 fully saturated rings. The molecule has 0 aliphatic carbocycles. The highest BCUT2D eigenvalue weighted by molar-refractivity contribution is 5.65. The van der Waals surface area contributed by atoms with E-state index in [1.807, 2.05) is 29.1 Å². The van der Waals surface area contributed by atoms with Crippen LogP contribution in [0.4, 0.5) is 0 Å². The van der Waals surface area contributed by atoms with Gasteiger partial charge in [-0.1, -0.05) is 37.3 Å². The first kappa shape index (κ1) is 13.5. The molecule has 0 saturated heterocycles. The summed E-state index contributed by atoms with van der Waals surface area (Å²) in [5.74, 6) is 0. The first-order valence-corrected chi connectivity index (χ1v) is 7.13. The van der Waals surface area contributed by atoms with Gasteiger partial charge in [0.2, 0.25) is 0 Å². The minimum atomic E-state index is 0.811. The quantitative estimate of drug-likeness (QED) is 0.780. The third kappa shape index (κ3) is 2.85. The van der Waals surface area contributed by atoms with Crippen LogP contribution >= 0.6 is 0 Å². The van der Waals surface area contributed by atoms with Gasteiger partial charge in [-0.15, -0.1) is 0 Å². The lowest BCUT2D eigenvalue weighted by Crippen LogP contribution is -2.12. The molecule has 0 saturated carbocycles. The van der Waals surface area contributed by atoms with Crippen molar-refractivity contribution in [3.63, 3.8) is 0 Å². The standard InChI is InChI=1S/C17H18N4/c1-2-18-12-15-13-20-21(16-8-10-19-11-9-16)17(15)14-6-4-3-5-7-14/h3-11,13,18H,2,12H2,1H3. The van der Waals surface area contributed by atoms with Crippen LogP contribution in [0.15, 0.2) is 61.1 Å². The van der Waals surface area contributed by atoms with E-state index in [0.717, 1.165) is 24.5 Å². The normalized spacial score (nSPS) is 10.7. The molecule has 2 heterocycles. The van der Waals surface area contributed by atoms with Crippen LogP contribution in [-0.4, -0.2) is 21.3 Å². The van der Waals surface area contributed by atoms with Gasteiger partial charge in [-0.05, 0) is 18.7 Å². The van der Waals surface area contributed by atoms with E-state index in [2.05, 4.69) is 46.6 Å². The maximum atomic E-state index is 4.56. The molecule has 1 N–H and O–H groups in total. The zero-order chi connectivity index (χ0) is 14.5. The Bertz CT molecular complexity index is 689. The average molecular weight is 278 g/mol. The molecule has 0 aliphatic rings. The molecular formula is C17H18N4. The molecule has 106 valence electrons. The second-order valence-electron chi connectivity index (χ2n) is 4.78. The molecule has 3 rings (SSSR count). The van der Waals surface area contributed by atoms with E-state index >= 15 is 0 Å². The SMILES string of the molecule is CCNCc1cnn(-c2ccncc2)c1-c1ccccc1. The van der Waals surface area contributed by atoms with E-state index in [-0.39, 0.29) is 0 Å². The lowest BCUT2D eigenvalue weighted by molar-refractivity contribution is 0.728. The van der Waals surface area contributed by atoms with E-state index in [4.69, 9.17) is 0 Å². The van der Waals surface area contributed by atoms with Crippen molar-refractivity contribution in [2.45, 2.75) is 13.5 Å². The Hall–Kier alpha value is -2.46. The van der Waals surface area contributed by atoms with Gasteiger partial charge >= 0.3 is 0 Å². The summed E-state index contributed by atoms with van der Waals surface area (Å²) in [4.78, 5) is 4.08. The molecule has 2 aromatic heterocycles. The summed E-state index contributed by atoms with van der Waals surface area (Å²) < 4.78 is 1.98. The van der Waals surface area contributed by atoms with Crippen molar-refractivity contribution in [2.24, 2.45) is 0 Å². The van der Waals surface area contributed by atoms with Gasteiger partial charge in [-0.25, -0.2) is 4.68 Å². The number of nitrogens with zero attached hydrogens (tertiary/aromatic N) is 3. The zero-order valence-electron chi connectivity index (χ0n) is 12.0. The lowest BCUT2D eigenvalue weighted by atomic mass is 10.1. The summed E-state index contributed by atoms with van der Waals surface area (Å²) in [6, 6.07) is 14.3. The Morgan fingerprint density at radius 3 is 2.52 bits per heavy atom. The van der Waals surface area contributed by atoms with Gasteiger partial charge in [0.25, 0.3) is 0 Å². The number of aromatic nitrogens is 3. The second-order valence-corrected chi connectivity index (χ2v) is 4.78. The largest absolute Gasteiger partial charge is 0.313 e. The van der Waals surface area contributed by atoms with Crippen molar-refractivity contribution in [1.29, 1.82) is 0 Å². The van der Waals surface area contributed by atoms with Crippen LogP contribution in [0.1, 0.15) is 12.5 Å². The van der Waals surface area contributed by atoms with Crippen molar-refractivity contribution >= 4 is 0 Å². The molecule has 0 bridgehead atoms. The highest BCUT2D eigenvalue weighted by Gasteiger charge is 2.13. The molecule has 0 radical (unpaired) electrons. The summed E-state index contributed by atoms with van der Waals surface area (Å²) in [6.45, 7) is 3.86. The Balaban J connectivity index is 2.11. The topological polar surface area (TPSA) is 42.7 Å². The summed E-state index contributed by atoms with van der Waals surface area (Å²) in [5, 5.41) is 7.94. The number of hydrogen-bond donors (Lipinski definition) is 1. The fraction of sp³-hybridized carbons (Fsp3) is 0.176. The summed E-state index contributed by atoms with van der Waals surface area (Å²) in [7, 11) is 0. The highest BCUT2D eigenvalue weighted by Crippen LogP contribution is 2.26. The van der Waals surface area contributed by atoms with Gasteiger partial charge in [0.15, 0.2) is 0 Å². The van der Waals surface area contributed by atoms with Crippen LogP contribution in [0.3, 0.4) is 0 Å². The molecule has 0 unspecified atom stereocenters. The molecule has 0 spiro atoms. The van der Waals surface area contributed by atoms with Gasteiger partial charge < -0.3 is 5.32 Å². The van der Waals surface area contributed by atoms with Gasteiger partial charge in [-0.3, -0.25) is 4.98 Å². The van der Waals surface area contributed by atoms with Crippen LogP contribution in [0.2, 0.25) is 0 Å². The fourth-order valence-electron chi connectivity index (χ4n) is 2.36. The smallest absolute Gasteiger partial charge is 0.0785 e. The minimum Gasteiger partial charge on any atom is -0.313 e. The summed E-state index contributed by atoms with van der Waals surface area (Å²) in [5.41, 5.74) is 4.51. The number of nitrogens with one attached hydrogen (secondary N) is 1. The van der Waals surface area contributed by atoms with E-state index in [0.29, 0.717) is 0 Å². The van der Waals surface area contributed by atoms with Gasteiger partial charge in [-0.2, -0.15) is 5.10 Å². The van der Waals surface area contributed by atoms with Gasteiger partial charge in [0.1, 0.15) is 0 Å². The predicted molar refractivity (Wildman–Crippen MR) is 84.2 cm³/mol. The molecular weight excluding hydrogens is 260 g/mol. The summed E-state index contributed by atoms with van der Waals surface area (Å²) in [6.07, 6.45) is 5.51. The summed E-state index contributed by atoms with van der Waals surface area (Å²) >= 11 is 0. The second kappa shape index (κ2) is 6.33. The molecule has 0 atom stereocenters. The van der Waals surface area contributed by atoms with Gasteiger partial charge in [0.05, 0.1) is 17.6 Å². The van der Waals surface area contributed by atoms with Crippen molar-refractivity contribution in [3.8, 4) is 16.9 Å². The molecule has 3 aromatic rings. The molecule has 21 heavy (non-hydrogen) atoms. The van der Waals surface area contributed by atoms with Crippen molar-refractivity contribution in [1.82, 2.24) is 20.1 Å². The number of benzene rings is 1. The van der Waals surface area contributed by atoms with E-state index in [1.165, 1.54) is 11.1 Å². The zero-order valence-corrected chi connectivity index (χ0v) is 12.0. The van der Waals surface area contributed by atoms with Crippen molar-refractivity contribution in [2.75, 3.05) is 6.54 Å². The average Bonchev–Trinajstić information content (AvgIpc) is 2.98. The molecule has 4 nitrogen and oxygen atoms in total. The van der Waals surface area contributed by atoms with Crippen LogP contribution in [0.25, 0.3) is 16.9 Å². The monoisotopic (exact) mass is 278 g/mol. The molecule has 4 heteroatoms. The Morgan fingerprint density at radius 2 is 1.81 bits per heavy atom. The third-order valence-corrected chi connectivity index (χ3v) is 3.36. The van der Waals surface area contributed by atoms with E-state index in [1.54, 1.807) is 12.4 Å². The first-order valence-electron chi connectivity index (χ1n) is 7.13. The minimum absolute atomic E-state index is 0.811. The highest BCUT2D eigenvalue weighted by atomic mass is 15.3. The van der Waals surface area contributed by atoms with Crippen LogP contribution in [-0.2, 0) is 6.54 Å². The molecule has 0 amide bonds. The molecule has 1 aromatic carbocycles. The Morgan fingerprint density at radius 1 is 1.05 bits per heavy atom. The number of pyridine rings is 1. The fourth-order valence-corrected chi connectivity index (χ4v) is 2.36. The van der Waals surface area contributed by atoms with Crippen LogP contribution < -0.4 is 5.32 Å². The van der Waals surface area contributed by atoms with Crippen molar-refractivity contribution in [3.05, 3.63) is 66.6 Å². The van der Waals surface area contributed by atoms with Gasteiger partial charge in [0, 0.05) is 30.1 Å². The van der Waals surface area contributed by atoms with Crippen LogP contribution in [0, 0.1) is 0 Å². The number of rotatable bonds is 5. The van der Waals surface area contributed by atoms with Crippen LogP contribution in [0.5, 0.6) is 0 Å². The van der Waals surface area contributed by atoms with Crippen molar-refractivity contribution < 1.29 is 0 Å². The maximum Gasteiger partial charge on any atom is 0.0785 e. The number of hydrogen-bond acceptors (Lipinski definition) is 3. The maximum absolute atomic E-state index is 4.56. The first-order chi connectivity index (χ1) is 10.4. The Labute approximate surface area is 124 Å².